The zero-order chi connectivity index (χ0) is 9.14. The van der Waals surface area contributed by atoms with Gasteiger partial charge in [0.05, 0.1) is 6.10 Å². The summed E-state index contributed by atoms with van der Waals surface area (Å²) in [7, 11) is 0. The van der Waals surface area contributed by atoms with Gasteiger partial charge in [0.2, 0.25) is 5.91 Å². The van der Waals surface area contributed by atoms with Crippen molar-refractivity contribution in [2.24, 2.45) is 0 Å². The van der Waals surface area contributed by atoms with Crippen LogP contribution in [-0.2, 0) is 4.79 Å². The fourth-order valence-electron chi connectivity index (χ4n) is 1.37. The first-order valence-corrected chi connectivity index (χ1v) is 4.30. The third kappa shape index (κ3) is 2.46. The van der Waals surface area contributed by atoms with E-state index in [0.717, 1.165) is 0 Å². The first-order valence-electron chi connectivity index (χ1n) is 4.30. The highest BCUT2D eigenvalue weighted by molar-refractivity contribution is 5.77. The minimum Gasteiger partial charge on any atom is -0.390 e. The lowest BCUT2D eigenvalue weighted by atomic mass is 10.0. The highest BCUT2D eigenvalue weighted by Gasteiger charge is 2.27. The van der Waals surface area contributed by atoms with Gasteiger partial charge in [0, 0.05) is 25.0 Å². The summed E-state index contributed by atoms with van der Waals surface area (Å²) in [5, 5.41) is 15.2. The molecule has 0 aromatic carbocycles. The summed E-state index contributed by atoms with van der Waals surface area (Å²) in [5.41, 5.74) is 0. The molecule has 70 valence electrons. The molecule has 1 rings (SSSR count). The molecule has 4 nitrogen and oxygen atoms in total. The molecule has 0 spiro atoms. The molecule has 0 radical (unpaired) electrons. The van der Waals surface area contributed by atoms with Crippen molar-refractivity contribution in [3.05, 3.63) is 0 Å². The summed E-state index contributed by atoms with van der Waals surface area (Å²) in [5.74, 6) is 0.0125. The number of amides is 1. The molecule has 1 saturated heterocycles. The molecule has 1 heterocycles. The lowest BCUT2D eigenvalue weighted by Crippen LogP contribution is -2.54. The van der Waals surface area contributed by atoms with Crippen LogP contribution in [-0.4, -0.2) is 35.7 Å². The third-order valence-corrected chi connectivity index (χ3v) is 1.93. The number of carbonyl (C=O) groups excluding carboxylic acids is 1. The number of aliphatic hydroxyl groups excluding tert-OH is 1. The first kappa shape index (κ1) is 9.48. The fraction of sp³-hybridized carbons (Fsp3) is 0.875. The van der Waals surface area contributed by atoms with Gasteiger partial charge in [-0.1, -0.05) is 13.8 Å². The Kier molecular flexibility index (Phi) is 3.05. The van der Waals surface area contributed by atoms with Crippen molar-refractivity contribution >= 4 is 5.91 Å². The Hall–Kier alpha value is -0.610. The van der Waals surface area contributed by atoms with Crippen LogP contribution in [0.25, 0.3) is 0 Å². The van der Waals surface area contributed by atoms with E-state index in [-0.39, 0.29) is 11.9 Å². The van der Waals surface area contributed by atoms with E-state index in [9.17, 15) is 9.90 Å². The van der Waals surface area contributed by atoms with Gasteiger partial charge in [0.25, 0.3) is 0 Å². The van der Waals surface area contributed by atoms with Crippen LogP contribution in [0.5, 0.6) is 0 Å². The average molecular weight is 172 g/mol. The SMILES string of the molecule is CC(C)NC1CC(=O)NCC1O. The molecular weight excluding hydrogens is 156 g/mol. The molecule has 0 saturated carbocycles. The van der Waals surface area contributed by atoms with Crippen LogP contribution in [0, 0.1) is 0 Å². The second-order valence-electron chi connectivity index (χ2n) is 3.50. The molecule has 2 atom stereocenters. The number of rotatable bonds is 2. The number of nitrogens with one attached hydrogen (secondary N) is 2. The monoisotopic (exact) mass is 172 g/mol. The predicted molar refractivity (Wildman–Crippen MR) is 45.7 cm³/mol. The van der Waals surface area contributed by atoms with Crippen molar-refractivity contribution in [1.82, 2.24) is 10.6 Å². The van der Waals surface area contributed by atoms with E-state index in [1.807, 2.05) is 13.8 Å². The summed E-state index contributed by atoms with van der Waals surface area (Å²) in [6.07, 6.45) is -0.0793. The van der Waals surface area contributed by atoms with Crippen molar-refractivity contribution in [2.75, 3.05) is 6.54 Å². The Morgan fingerprint density at radius 3 is 2.92 bits per heavy atom. The third-order valence-electron chi connectivity index (χ3n) is 1.93. The predicted octanol–water partition coefficient (Wildman–Crippen LogP) is -0.766. The summed E-state index contributed by atoms with van der Waals surface area (Å²) in [4.78, 5) is 10.9. The maximum absolute atomic E-state index is 10.9. The number of hydrogen-bond acceptors (Lipinski definition) is 3. The standard InChI is InChI=1S/C8H16N2O2/c1-5(2)10-6-3-8(12)9-4-7(6)11/h5-7,10-11H,3-4H2,1-2H3,(H,9,12). The van der Waals surface area contributed by atoms with Crippen LogP contribution in [0.1, 0.15) is 20.3 Å². The van der Waals surface area contributed by atoms with Gasteiger partial charge in [-0.2, -0.15) is 0 Å². The van der Waals surface area contributed by atoms with E-state index < -0.39 is 6.10 Å². The van der Waals surface area contributed by atoms with E-state index in [2.05, 4.69) is 10.6 Å². The smallest absolute Gasteiger partial charge is 0.221 e. The highest BCUT2D eigenvalue weighted by Crippen LogP contribution is 2.05. The lowest BCUT2D eigenvalue weighted by molar-refractivity contribution is -0.125. The number of carbonyl (C=O) groups is 1. The van der Waals surface area contributed by atoms with Crippen LogP contribution in [0.15, 0.2) is 0 Å². The molecule has 0 aliphatic carbocycles. The zero-order valence-corrected chi connectivity index (χ0v) is 7.50. The Labute approximate surface area is 72.3 Å². The summed E-state index contributed by atoms with van der Waals surface area (Å²) in [6.45, 7) is 4.36. The van der Waals surface area contributed by atoms with Gasteiger partial charge in [-0.3, -0.25) is 4.79 Å². The maximum Gasteiger partial charge on any atom is 0.221 e. The van der Waals surface area contributed by atoms with Gasteiger partial charge < -0.3 is 15.7 Å². The van der Waals surface area contributed by atoms with E-state index >= 15 is 0 Å². The zero-order valence-electron chi connectivity index (χ0n) is 7.50. The minimum absolute atomic E-state index is 0.0125. The second kappa shape index (κ2) is 3.87. The molecule has 2 unspecified atom stereocenters. The van der Waals surface area contributed by atoms with E-state index in [4.69, 9.17) is 0 Å². The summed E-state index contributed by atoms with van der Waals surface area (Å²) in [6, 6.07) is 0.217. The molecule has 1 aliphatic heterocycles. The van der Waals surface area contributed by atoms with Crippen LogP contribution in [0.4, 0.5) is 0 Å². The quantitative estimate of drug-likeness (QED) is 0.513. The molecular formula is C8H16N2O2. The van der Waals surface area contributed by atoms with Crippen LogP contribution in [0.3, 0.4) is 0 Å². The molecule has 12 heavy (non-hydrogen) atoms. The van der Waals surface area contributed by atoms with E-state index in [1.165, 1.54) is 0 Å². The number of piperidine rings is 1. The van der Waals surface area contributed by atoms with Crippen molar-refractivity contribution < 1.29 is 9.90 Å². The van der Waals surface area contributed by atoms with E-state index in [0.29, 0.717) is 19.0 Å². The van der Waals surface area contributed by atoms with Gasteiger partial charge in [-0.15, -0.1) is 0 Å². The number of aliphatic hydroxyl groups is 1. The Balaban J connectivity index is 2.43. The molecule has 0 bridgehead atoms. The van der Waals surface area contributed by atoms with Gasteiger partial charge in [0.15, 0.2) is 0 Å². The largest absolute Gasteiger partial charge is 0.390 e. The van der Waals surface area contributed by atoms with Gasteiger partial charge in [0.1, 0.15) is 0 Å². The first-order chi connectivity index (χ1) is 5.59. The topological polar surface area (TPSA) is 61.4 Å². The van der Waals surface area contributed by atoms with Gasteiger partial charge in [-0.25, -0.2) is 0 Å². The van der Waals surface area contributed by atoms with Gasteiger partial charge >= 0.3 is 0 Å². The van der Waals surface area contributed by atoms with Crippen molar-refractivity contribution in [3.63, 3.8) is 0 Å². The molecule has 0 aromatic rings. The van der Waals surface area contributed by atoms with Crippen molar-refractivity contribution in [3.8, 4) is 0 Å². The molecule has 4 heteroatoms. The molecule has 3 N–H and O–H groups in total. The molecule has 1 aliphatic rings. The van der Waals surface area contributed by atoms with Crippen LogP contribution >= 0.6 is 0 Å². The Morgan fingerprint density at radius 1 is 1.67 bits per heavy atom. The second-order valence-corrected chi connectivity index (χ2v) is 3.50. The van der Waals surface area contributed by atoms with Crippen LogP contribution in [0.2, 0.25) is 0 Å². The summed E-state index contributed by atoms with van der Waals surface area (Å²) < 4.78 is 0. The molecule has 1 amide bonds. The van der Waals surface area contributed by atoms with Gasteiger partial charge in [-0.05, 0) is 0 Å². The van der Waals surface area contributed by atoms with Crippen molar-refractivity contribution in [1.29, 1.82) is 0 Å². The molecule has 0 aromatic heterocycles. The fourth-order valence-corrected chi connectivity index (χ4v) is 1.37. The number of β-amino-alcohol motifs (C(OH)–C–C–N with tert-alkyl or cyclic N) is 1. The normalized spacial score (nSPS) is 30.5. The minimum atomic E-state index is -0.454. The molecule has 1 fully saturated rings. The van der Waals surface area contributed by atoms with E-state index in [1.54, 1.807) is 0 Å². The number of hydrogen-bond donors (Lipinski definition) is 3. The van der Waals surface area contributed by atoms with Crippen molar-refractivity contribution in [2.45, 2.75) is 38.5 Å². The summed E-state index contributed by atoms with van der Waals surface area (Å²) >= 11 is 0. The average Bonchev–Trinajstić information content (AvgIpc) is 1.96. The maximum atomic E-state index is 10.9. The Bertz CT molecular complexity index is 170. The lowest BCUT2D eigenvalue weighted by Gasteiger charge is -2.30. The Morgan fingerprint density at radius 2 is 2.33 bits per heavy atom. The highest BCUT2D eigenvalue weighted by atomic mass is 16.3. The van der Waals surface area contributed by atoms with Crippen LogP contribution < -0.4 is 10.6 Å².